The number of hydrogen-bond donors (Lipinski definition) is 3. The molecule has 0 aliphatic rings. The molecule has 0 saturated heterocycles. The zero-order valence-corrected chi connectivity index (χ0v) is 19.3. The normalized spacial score (nSPS) is 10.4. The third kappa shape index (κ3) is 6.99. The minimum atomic E-state index is -0.449. The number of thiocarbonyl (C=S) groups is 1. The Morgan fingerprint density at radius 2 is 1.93 bits per heavy atom. The molecule has 0 atom stereocenters. The number of ether oxygens (including phenoxy) is 1. The Labute approximate surface area is 188 Å². The van der Waals surface area contributed by atoms with Crippen LogP contribution in [0.3, 0.4) is 0 Å². The van der Waals surface area contributed by atoms with Crippen LogP contribution in [0.2, 0.25) is 5.02 Å². The lowest BCUT2D eigenvalue weighted by Gasteiger charge is -2.16. The van der Waals surface area contributed by atoms with Crippen molar-refractivity contribution < 1.29 is 14.3 Å². The Kier molecular flexibility index (Phi) is 8.43. The minimum Gasteiger partial charge on any atom is -0.483 e. The summed E-state index contributed by atoms with van der Waals surface area (Å²) in [4.78, 5) is 24.1. The number of hydrazine groups is 1. The lowest BCUT2D eigenvalue weighted by molar-refractivity contribution is -0.121. The van der Waals surface area contributed by atoms with Crippen LogP contribution in [0.25, 0.3) is 0 Å². The molecule has 0 aliphatic carbocycles. The molecular weight excluding hydrogens is 478 g/mol. The van der Waals surface area contributed by atoms with E-state index < -0.39 is 11.8 Å². The van der Waals surface area contributed by atoms with Gasteiger partial charge in [-0.15, -0.1) is 0 Å². The van der Waals surface area contributed by atoms with Gasteiger partial charge in [-0.05, 0) is 66.5 Å². The number of rotatable bonds is 5. The van der Waals surface area contributed by atoms with Crippen molar-refractivity contribution in [2.45, 2.75) is 26.7 Å². The van der Waals surface area contributed by atoms with E-state index in [1.165, 1.54) is 6.07 Å². The monoisotopic (exact) mass is 497 g/mol. The first kappa shape index (κ1) is 23.1. The Balaban J connectivity index is 1.86. The topological polar surface area (TPSA) is 79.5 Å². The Morgan fingerprint density at radius 1 is 1.21 bits per heavy atom. The lowest BCUT2D eigenvalue weighted by atomic mass is 10.0. The molecule has 0 unspecified atom stereocenters. The number of carbonyl (C=O) groups is 2. The highest BCUT2D eigenvalue weighted by Gasteiger charge is 2.13. The van der Waals surface area contributed by atoms with Gasteiger partial charge in [0.05, 0.1) is 0 Å². The van der Waals surface area contributed by atoms with E-state index in [0.29, 0.717) is 16.3 Å². The molecule has 154 valence electrons. The van der Waals surface area contributed by atoms with Crippen molar-refractivity contribution in [2.75, 3.05) is 6.61 Å². The lowest BCUT2D eigenvalue weighted by Crippen LogP contribution is -2.49. The molecule has 2 aromatic rings. The van der Waals surface area contributed by atoms with E-state index in [2.05, 4.69) is 32.1 Å². The van der Waals surface area contributed by atoms with Gasteiger partial charge in [0.25, 0.3) is 11.8 Å². The Morgan fingerprint density at radius 3 is 2.59 bits per heavy atom. The zero-order valence-electron chi connectivity index (χ0n) is 16.1. The fourth-order valence-electron chi connectivity index (χ4n) is 2.40. The van der Waals surface area contributed by atoms with Crippen LogP contribution in [0, 0.1) is 6.92 Å². The highest BCUT2D eigenvalue weighted by atomic mass is 79.9. The zero-order chi connectivity index (χ0) is 21.6. The molecule has 3 N–H and O–H groups in total. The van der Waals surface area contributed by atoms with E-state index in [4.69, 9.17) is 28.6 Å². The van der Waals surface area contributed by atoms with E-state index in [9.17, 15) is 9.59 Å². The number of hydrogen-bond acceptors (Lipinski definition) is 4. The highest BCUT2D eigenvalue weighted by Crippen LogP contribution is 2.32. The molecule has 0 bridgehead atoms. The second-order valence-electron chi connectivity index (χ2n) is 6.55. The molecule has 0 fully saturated rings. The average Bonchev–Trinajstić information content (AvgIpc) is 2.66. The van der Waals surface area contributed by atoms with Gasteiger partial charge < -0.3 is 4.74 Å². The molecule has 6 nitrogen and oxygen atoms in total. The predicted molar refractivity (Wildman–Crippen MR) is 121 cm³/mol. The fourth-order valence-corrected chi connectivity index (χ4v) is 3.12. The van der Waals surface area contributed by atoms with Gasteiger partial charge in [-0.2, -0.15) is 0 Å². The van der Waals surface area contributed by atoms with Crippen LogP contribution in [0.15, 0.2) is 40.9 Å². The largest absolute Gasteiger partial charge is 0.483 e. The summed E-state index contributed by atoms with van der Waals surface area (Å²) in [6, 6.07) is 10.3. The quantitative estimate of drug-likeness (QED) is 0.424. The van der Waals surface area contributed by atoms with Crippen molar-refractivity contribution in [3.8, 4) is 5.75 Å². The molecule has 0 heterocycles. The maximum Gasteiger partial charge on any atom is 0.269 e. The maximum absolute atomic E-state index is 12.1. The van der Waals surface area contributed by atoms with E-state index >= 15 is 0 Å². The van der Waals surface area contributed by atoms with Crippen LogP contribution in [0.1, 0.15) is 41.3 Å². The van der Waals surface area contributed by atoms with Crippen LogP contribution in [0.4, 0.5) is 0 Å². The Hall–Kier alpha value is -2.16. The standard InChI is InChI=1S/C20H21BrClN3O3S/c1-11(2)15-9-16(21)12(3)7-17(15)28-10-18(26)23-20(29)25-24-19(27)13-5-4-6-14(22)8-13/h4-9,11H,10H2,1-3H3,(H,24,27)(H2,23,25,26,29). The molecule has 2 rings (SSSR count). The van der Waals surface area contributed by atoms with E-state index in [1.54, 1.807) is 18.2 Å². The van der Waals surface area contributed by atoms with E-state index in [1.807, 2.05) is 32.9 Å². The summed E-state index contributed by atoms with van der Waals surface area (Å²) in [5, 5.41) is 2.84. The summed E-state index contributed by atoms with van der Waals surface area (Å²) < 4.78 is 6.67. The highest BCUT2D eigenvalue weighted by molar-refractivity contribution is 9.10. The van der Waals surface area contributed by atoms with Crippen molar-refractivity contribution in [3.05, 3.63) is 62.6 Å². The fraction of sp³-hybridized carbons (Fsp3) is 0.250. The van der Waals surface area contributed by atoms with Gasteiger partial charge in [-0.25, -0.2) is 0 Å². The van der Waals surface area contributed by atoms with Crippen molar-refractivity contribution in [2.24, 2.45) is 0 Å². The molecule has 0 aromatic heterocycles. The van der Waals surface area contributed by atoms with Gasteiger partial charge >= 0.3 is 0 Å². The van der Waals surface area contributed by atoms with Crippen LogP contribution in [0.5, 0.6) is 5.75 Å². The molecule has 9 heteroatoms. The van der Waals surface area contributed by atoms with Gasteiger partial charge in [0.15, 0.2) is 11.7 Å². The summed E-state index contributed by atoms with van der Waals surface area (Å²) in [5.41, 5.74) is 7.22. The van der Waals surface area contributed by atoms with Gasteiger partial charge in [0.1, 0.15) is 5.75 Å². The summed E-state index contributed by atoms with van der Waals surface area (Å²) in [6.45, 7) is 5.82. The SMILES string of the molecule is Cc1cc(OCC(=O)NC(=S)NNC(=O)c2cccc(Cl)c2)c(C(C)C)cc1Br. The summed E-state index contributed by atoms with van der Waals surface area (Å²) in [6.07, 6.45) is 0. The summed E-state index contributed by atoms with van der Waals surface area (Å²) >= 11 is 14.4. The van der Waals surface area contributed by atoms with Crippen LogP contribution in [-0.4, -0.2) is 23.5 Å². The van der Waals surface area contributed by atoms with Gasteiger partial charge in [-0.3, -0.25) is 25.8 Å². The first-order valence-corrected chi connectivity index (χ1v) is 10.3. The molecule has 0 radical (unpaired) electrons. The second kappa shape index (κ2) is 10.6. The van der Waals surface area contributed by atoms with Crippen molar-refractivity contribution in [1.82, 2.24) is 16.2 Å². The van der Waals surface area contributed by atoms with Gasteiger partial charge in [-0.1, -0.05) is 47.4 Å². The first-order valence-electron chi connectivity index (χ1n) is 8.76. The number of halogens is 2. The smallest absolute Gasteiger partial charge is 0.269 e. The molecular formula is C20H21BrClN3O3S. The number of nitrogens with one attached hydrogen (secondary N) is 3. The summed E-state index contributed by atoms with van der Waals surface area (Å²) in [5.74, 6) is -0.0135. The van der Waals surface area contributed by atoms with Crippen LogP contribution in [-0.2, 0) is 4.79 Å². The number of amides is 2. The predicted octanol–water partition coefficient (Wildman–Crippen LogP) is 4.25. The minimum absolute atomic E-state index is 0.0509. The van der Waals surface area contributed by atoms with Crippen LogP contribution >= 0.6 is 39.7 Å². The average molecular weight is 499 g/mol. The first-order chi connectivity index (χ1) is 13.7. The van der Waals surface area contributed by atoms with Crippen molar-refractivity contribution >= 4 is 56.7 Å². The van der Waals surface area contributed by atoms with Crippen LogP contribution < -0.4 is 20.9 Å². The van der Waals surface area contributed by atoms with E-state index in [0.717, 1.165) is 15.6 Å². The van der Waals surface area contributed by atoms with Gasteiger partial charge in [0, 0.05) is 15.1 Å². The molecule has 0 aliphatic heterocycles. The molecule has 0 saturated carbocycles. The van der Waals surface area contributed by atoms with Gasteiger partial charge in [0.2, 0.25) is 0 Å². The molecule has 2 aromatic carbocycles. The maximum atomic E-state index is 12.1. The van der Waals surface area contributed by atoms with Crippen molar-refractivity contribution in [3.63, 3.8) is 0 Å². The third-order valence-corrected chi connectivity index (χ3v) is 5.19. The van der Waals surface area contributed by atoms with Crippen molar-refractivity contribution in [1.29, 1.82) is 0 Å². The molecule has 2 amide bonds. The summed E-state index contributed by atoms with van der Waals surface area (Å²) in [7, 11) is 0. The van der Waals surface area contributed by atoms with E-state index in [-0.39, 0.29) is 17.6 Å². The molecule has 0 spiro atoms. The second-order valence-corrected chi connectivity index (χ2v) is 8.25. The molecule has 29 heavy (non-hydrogen) atoms. The third-order valence-electron chi connectivity index (χ3n) is 3.90. The number of carbonyl (C=O) groups excluding carboxylic acids is 2. The number of aryl methyl sites for hydroxylation is 1. The number of benzene rings is 2. The Bertz CT molecular complexity index is 937.